The van der Waals surface area contributed by atoms with Gasteiger partial charge in [0.25, 0.3) is 5.91 Å². The molecule has 2 rings (SSSR count). The third-order valence-corrected chi connectivity index (χ3v) is 3.26. The van der Waals surface area contributed by atoms with Crippen molar-refractivity contribution in [3.05, 3.63) is 28.1 Å². The second-order valence-corrected chi connectivity index (χ2v) is 4.96. The molecule has 0 bridgehead atoms. The van der Waals surface area contributed by atoms with E-state index < -0.39 is 0 Å². The van der Waals surface area contributed by atoms with E-state index >= 15 is 0 Å². The molecule has 1 N–H and O–H groups in total. The Labute approximate surface area is 96.9 Å². The van der Waals surface area contributed by atoms with Gasteiger partial charge in [-0.05, 0) is 25.5 Å². The first-order valence-electron chi connectivity index (χ1n) is 4.38. The Kier molecular flexibility index (Phi) is 2.67. The fraction of sp³-hybridized carbons (Fsp3) is 0.200. The lowest BCUT2D eigenvalue weighted by molar-refractivity contribution is -0.115. The number of hydrogen-bond acceptors (Lipinski definition) is 4. The molecule has 1 aliphatic rings. The highest BCUT2D eigenvalue weighted by atomic mass is 32.2. The van der Waals surface area contributed by atoms with Gasteiger partial charge in [0.1, 0.15) is 15.8 Å². The van der Waals surface area contributed by atoms with E-state index in [9.17, 15) is 4.79 Å². The van der Waals surface area contributed by atoms with Crippen LogP contribution in [-0.4, -0.2) is 10.2 Å². The summed E-state index contributed by atoms with van der Waals surface area (Å²) in [6, 6.07) is 1.90. The van der Waals surface area contributed by atoms with Crippen molar-refractivity contribution in [2.24, 2.45) is 0 Å². The molecule has 0 unspecified atom stereocenters. The molecule has 1 aromatic heterocycles. The predicted molar refractivity (Wildman–Crippen MR) is 64.5 cm³/mol. The highest BCUT2D eigenvalue weighted by Crippen LogP contribution is 2.27. The van der Waals surface area contributed by atoms with E-state index in [4.69, 9.17) is 16.6 Å². The van der Waals surface area contributed by atoms with Gasteiger partial charge in [0, 0.05) is 6.08 Å². The second kappa shape index (κ2) is 3.83. The molecular weight excluding hydrogens is 230 g/mol. The Morgan fingerprint density at radius 3 is 2.73 bits per heavy atom. The number of carbonyl (C=O) groups is 1. The smallest absolute Gasteiger partial charge is 0.263 e. The maximum absolute atomic E-state index is 11.4. The summed E-state index contributed by atoms with van der Waals surface area (Å²) in [5.41, 5.74) is 1.08. The van der Waals surface area contributed by atoms with Crippen molar-refractivity contribution >= 4 is 40.3 Å². The first kappa shape index (κ1) is 10.4. The van der Waals surface area contributed by atoms with Gasteiger partial charge in [-0.15, -0.1) is 0 Å². The topological polar surface area (TPSA) is 42.2 Å². The summed E-state index contributed by atoms with van der Waals surface area (Å²) in [6.07, 6.45) is 1.71. The number of hydrogen-bond donors (Lipinski definition) is 1. The van der Waals surface area contributed by atoms with E-state index in [1.807, 2.05) is 19.9 Å². The van der Waals surface area contributed by atoms with Gasteiger partial charge in [-0.25, -0.2) is 0 Å². The van der Waals surface area contributed by atoms with Crippen LogP contribution >= 0.6 is 24.0 Å². The molecule has 0 spiro atoms. The minimum Gasteiger partial charge on any atom is -0.462 e. The van der Waals surface area contributed by atoms with Crippen molar-refractivity contribution in [3.8, 4) is 0 Å². The third-order valence-electron chi connectivity index (χ3n) is 2.10. The molecule has 1 amide bonds. The molecule has 1 saturated heterocycles. The van der Waals surface area contributed by atoms with E-state index in [2.05, 4.69) is 5.32 Å². The maximum atomic E-state index is 11.4. The van der Waals surface area contributed by atoms with E-state index in [-0.39, 0.29) is 5.91 Å². The number of nitrogens with one attached hydrogen (secondary N) is 1. The summed E-state index contributed by atoms with van der Waals surface area (Å²) in [5, 5.41) is 2.55. The zero-order valence-corrected chi connectivity index (χ0v) is 9.92. The molecule has 1 aliphatic heterocycles. The average molecular weight is 239 g/mol. The largest absolute Gasteiger partial charge is 0.462 e. The first-order chi connectivity index (χ1) is 7.06. The van der Waals surface area contributed by atoms with Crippen LogP contribution in [-0.2, 0) is 4.79 Å². The summed E-state index contributed by atoms with van der Waals surface area (Å²) in [6.45, 7) is 3.86. The number of carbonyl (C=O) groups excluding carboxylic acids is 1. The van der Waals surface area contributed by atoms with Crippen LogP contribution in [0.2, 0.25) is 0 Å². The molecule has 0 radical (unpaired) electrons. The average Bonchev–Trinajstić information content (AvgIpc) is 2.59. The highest BCUT2D eigenvalue weighted by molar-refractivity contribution is 8.26. The van der Waals surface area contributed by atoms with Gasteiger partial charge >= 0.3 is 0 Å². The molecule has 0 aromatic carbocycles. The van der Waals surface area contributed by atoms with Gasteiger partial charge in [0.05, 0.1) is 4.91 Å². The number of rotatable bonds is 1. The Hall–Kier alpha value is -1.07. The van der Waals surface area contributed by atoms with Crippen molar-refractivity contribution in [3.63, 3.8) is 0 Å². The van der Waals surface area contributed by atoms with Gasteiger partial charge in [-0.1, -0.05) is 24.0 Å². The van der Waals surface area contributed by atoms with Crippen LogP contribution in [0.25, 0.3) is 6.08 Å². The summed E-state index contributed by atoms with van der Waals surface area (Å²) in [5.74, 6) is 1.40. The summed E-state index contributed by atoms with van der Waals surface area (Å²) < 4.78 is 5.94. The van der Waals surface area contributed by atoms with Crippen LogP contribution in [0.4, 0.5) is 0 Å². The molecule has 78 valence electrons. The first-order valence-corrected chi connectivity index (χ1v) is 5.60. The van der Waals surface area contributed by atoms with Crippen molar-refractivity contribution in [1.29, 1.82) is 0 Å². The van der Waals surface area contributed by atoms with Crippen LogP contribution in [0.3, 0.4) is 0 Å². The number of amides is 1. The lowest BCUT2D eigenvalue weighted by Crippen LogP contribution is -2.17. The SMILES string of the molecule is Cc1cc(/C=C2/SC(=S)NC2=O)oc1C. The van der Waals surface area contributed by atoms with Gasteiger partial charge in [0.2, 0.25) is 0 Å². The molecule has 2 heterocycles. The quantitative estimate of drug-likeness (QED) is 0.603. The maximum Gasteiger partial charge on any atom is 0.263 e. The molecule has 1 fully saturated rings. The van der Waals surface area contributed by atoms with Gasteiger partial charge in [-0.3, -0.25) is 4.79 Å². The molecule has 0 aliphatic carbocycles. The van der Waals surface area contributed by atoms with Crippen molar-refractivity contribution in [2.75, 3.05) is 0 Å². The molecule has 15 heavy (non-hydrogen) atoms. The standard InChI is InChI=1S/C10H9NO2S2/c1-5-3-7(13-6(5)2)4-8-9(12)11-10(14)15-8/h3-4H,1-2H3,(H,11,12,14)/b8-4+. The minimum absolute atomic E-state index is 0.156. The Balaban J connectivity index is 2.30. The van der Waals surface area contributed by atoms with Crippen LogP contribution in [0.1, 0.15) is 17.1 Å². The summed E-state index contributed by atoms with van der Waals surface area (Å²) in [4.78, 5) is 11.9. The highest BCUT2D eigenvalue weighted by Gasteiger charge is 2.22. The van der Waals surface area contributed by atoms with Crippen LogP contribution in [0.5, 0.6) is 0 Å². The lowest BCUT2D eigenvalue weighted by atomic mass is 10.3. The van der Waals surface area contributed by atoms with Gasteiger partial charge in [-0.2, -0.15) is 0 Å². The van der Waals surface area contributed by atoms with E-state index in [1.165, 1.54) is 11.8 Å². The Bertz CT molecular complexity index is 454. The number of furan rings is 1. The normalized spacial score (nSPS) is 18.7. The molecular formula is C10H9NO2S2. The van der Waals surface area contributed by atoms with Crippen molar-refractivity contribution in [1.82, 2.24) is 5.32 Å². The van der Waals surface area contributed by atoms with Crippen molar-refractivity contribution in [2.45, 2.75) is 13.8 Å². The Morgan fingerprint density at radius 2 is 2.27 bits per heavy atom. The van der Waals surface area contributed by atoms with Crippen LogP contribution in [0, 0.1) is 13.8 Å². The molecule has 0 saturated carbocycles. The summed E-state index contributed by atoms with van der Waals surface area (Å²) in [7, 11) is 0. The van der Waals surface area contributed by atoms with Crippen molar-refractivity contribution < 1.29 is 9.21 Å². The number of thiocarbonyl (C=S) groups is 1. The van der Waals surface area contributed by atoms with Crippen LogP contribution < -0.4 is 5.32 Å². The van der Waals surface area contributed by atoms with E-state index in [0.717, 1.165) is 11.3 Å². The fourth-order valence-electron chi connectivity index (χ4n) is 1.22. The molecule has 5 heteroatoms. The van der Waals surface area contributed by atoms with E-state index in [1.54, 1.807) is 6.08 Å². The van der Waals surface area contributed by atoms with Crippen LogP contribution in [0.15, 0.2) is 15.4 Å². The predicted octanol–water partition coefficient (Wildman–Crippen LogP) is 2.39. The van der Waals surface area contributed by atoms with Gasteiger partial charge in [0.15, 0.2) is 0 Å². The Morgan fingerprint density at radius 1 is 1.53 bits per heavy atom. The fourth-order valence-corrected chi connectivity index (χ4v) is 2.25. The van der Waals surface area contributed by atoms with E-state index in [0.29, 0.717) is 15.0 Å². The number of thioether (sulfide) groups is 1. The molecule has 0 atom stereocenters. The third kappa shape index (κ3) is 2.13. The van der Waals surface area contributed by atoms with Gasteiger partial charge < -0.3 is 9.73 Å². The molecule has 3 nitrogen and oxygen atoms in total. The lowest BCUT2D eigenvalue weighted by Gasteiger charge is -1.88. The number of aryl methyl sites for hydroxylation is 2. The second-order valence-electron chi connectivity index (χ2n) is 3.24. The monoisotopic (exact) mass is 239 g/mol. The zero-order valence-electron chi connectivity index (χ0n) is 8.29. The molecule has 1 aromatic rings. The summed E-state index contributed by atoms with van der Waals surface area (Å²) >= 11 is 6.14. The minimum atomic E-state index is -0.156. The zero-order chi connectivity index (χ0) is 11.0.